The van der Waals surface area contributed by atoms with E-state index in [0.717, 1.165) is 6.42 Å². The summed E-state index contributed by atoms with van der Waals surface area (Å²) in [5.41, 5.74) is 6.77. The maximum Gasteiger partial charge on any atom is 0.449 e. The zero-order chi connectivity index (χ0) is 14.2. The Bertz CT molecular complexity index is 587. The number of anilines is 1. The topological polar surface area (TPSA) is 43.8 Å². The van der Waals surface area contributed by atoms with Gasteiger partial charge in [0.2, 0.25) is 5.82 Å². The van der Waals surface area contributed by atoms with E-state index in [-0.39, 0.29) is 11.6 Å². The highest BCUT2D eigenvalue weighted by Crippen LogP contribution is 2.35. The summed E-state index contributed by atoms with van der Waals surface area (Å²) < 4.78 is 40.5. The van der Waals surface area contributed by atoms with Crippen molar-refractivity contribution in [2.24, 2.45) is 0 Å². The largest absolute Gasteiger partial charge is 0.449 e. The van der Waals surface area contributed by atoms with Crippen LogP contribution in [0.5, 0.6) is 0 Å². The van der Waals surface area contributed by atoms with Gasteiger partial charge in [-0.1, -0.05) is 13.3 Å². The lowest BCUT2D eigenvalue weighted by Crippen LogP contribution is -2.17. The molecule has 2 rings (SSSR count). The molecule has 0 saturated heterocycles. The lowest BCUT2D eigenvalue weighted by atomic mass is 10.2. The van der Waals surface area contributed by atoms with Crippen molar-refractivity contribution >= 4 is 16.7 Å². The molecule has 2 N–H and O–H groups in total. The predicted octanol–water partition coefficient (Wildman–Crippen LogP) is 4.00. The van der Waals surface area contributed by atoms with E-state index < -0.39 is 12.0 Å². The monoisotopic (exact) mass is 271 g/mol. The number of aromatic nitrogens is 2. The van der Waals surface area contributed by atoms with E-state index in [4.69, 9.17) is 5.73 Å². The third kappa shape index (κ3) is 2.52. The van der Waals surface area contributed by atoms with E-state index in [2.05, 4.69) is 4.98 Å². The number of nitrogens with zero attached hydrogens (tertiary/aromatic N) is 2. The quantitative estimate of drug-likeness (QED) is 0.857. The molecule has 0 aliphatic heterocycles. The van der Waals surface area contributed by atoms with Crippen molar-refractivity contribution in [1.29, 1.82) is 0 Å². The van der Waals surface area contributed by atoms with Crippen LogP contribution in [0.1, 0.15) is 38.6 Å². The van der Waals surface area contributed by atoms with Crippen molar-refractivity contribution in [3.63, 3.8) is 0 Å². The molecule has 2 aromatic rings. The number of fused-ring (bicyclic) bond motifs is 1. The Labute approximate surface area is 109 Å². The summed E-state index contributed by atoms with van der Waals surface area (Å²) in [6, 6.07) is 4.41. The summed E-state index contributed by atoms with van der Waals surface area (Å²) in [7, 11) is 0. The van der Waals surface area contributed by atoms with Gasteiger partial charge in [-0.15, -0.1) is 0 Å². The van der Waals surface area contributed by atoms with Gasteiger partial charge in [0, 0.05) is 11.7 Å². The van der Waals surface area contributed by atoms with Crippen LogP contribution >= 0.6 is 0 Å². The molecule has 0 aliphatic rings. The Kier molecular flexibility index (Phi) is 3.43. The highest BCUT2D eigenvalue weighted by Gasteiger charge is 2.38. The van der Waals surface area contributed by atoms with E-state index >= 15 is 0 Å². The molecule has 1 aromatic carbocycles. The van der Waals surface area contributed by atoms with Crippen LogP contribution in [0.3, 0.4) is 0 Å². The molecule has 0 aliphatic carbocycles. The van der Waals surface area contributed by atoms with Crippen molar-refractivity contribution in [2.75, 3.05) is 5.73 Å². The summed E-state index contributed by atoms with van der Waals surface area (Å²) in [6.07, 6.45) is -2.98. The van der Waals surface area contributed by atoms with Crippen molar-refractivity contribution in [3.05, 3.63) is 24.0 Å². The minimum atomic E-state index is -4.46. The third-order valence-electron chi connectivity index (χ3n) is 3.11. The molecule has 0 fully saturated rings. The van der Waals surface area contributed by atoms with Gasteiger partial charge in [0.15, 0.2) is 0 Å². The highest BCUT2D eigenvalue weighted by atomic mass is 19.4. The number of rotatable bonds is 3. The number of hydrogen-bond donors (Lipinski definition) is 1. The summed E-state index contributed by atoms with van der Waals surface area (Å²) in [4.78, 5) is 3.71. The van der Waals surface area contributed by atoms with Crippen molar-refractivity contribution < 1.29 is 13.2 Å². The Morgan fingerprint density at radius 1 is 1.37 bits per heavy atom. The average molecular weight is 271 g/mol. The first kappa shape index (κ1) is 13.7. The third-order valence-corrected chi connectivity index (χ3v) is 3.11. The van der Waals surface area contributed by atoms with Crippen LogP contribution in [0, 0.1) is 0 Å². The molecule has 0 saturated carbocycles. The lowest BCUT2D eigenvalue weighted by Gasteiger charge is -2.18. The molecule has 0 spiro atoms. The molecule has 0 radical (unpaired) electrons. The van der Waals surface area contributed by atoms with E-state index in [1.807, 2.05) is 6.92 Å². The first-order valence-electron chi connectivity index (χ1n) is 6.19. The second-order valence-corrected chi connectivity index (χ2v) is 4.69. The summed E-state index contributed by atoms with van der Waals surface area (Å²) >= 11 is 0. The van der Waals surface area contributed by atoms with Crippen LogP contribution in [0.4, 0.5) is 18.9 Å². The molecule has 1 atom stereocenters. The van der Waals surface area contributed by atoms with E-state index in [0.29, 0.717) is 17.6 Å². The molecule has 1 heterocycles. The van der Waals surface area contributed by atoms with Crippen LogP contribution in [0.15, 0.2) is 18.2 Å². The summed E-state index contributed by atoms with van der Waals surface area (Å²) in [5.74, 6) is -0.853. The van der Waals surface area contributed by atoms with Gasteiger partial charge in [0.05, 0.1) is 11.0 Å². The molecule has 1 aromatic heterocycles. The van der Waals surface area contributed by atoms with E-state index in [1.165, 1.54) is 10.6 Å². The van der Waals surface area contributed by atoms with Crippen LogP contribution in [-0.4, -0.2) is 9.55 Å². The molecular weight excluding hydrogens is 255 g/mol. The number of hydrogen-bond acceptors (Lipinski definition) is 2. The van der Waals surface area contributed by atoms with Crippen LogP contribution < -0.4 is 5.73 Å². The normalized spacial score (nSPS) is 13.9. The number of alkyl halides is 3. The fraction of sp³-hybridized carbons (Fsp3) is 0.462. The molecule has 3 nitrogen and oxygen atoms in total. The Morgan fingerprint density at radius 2 is 2.05 bits per heavy atom. The number of imidazole rings is 1. The standard InChI is InChI=1S/C13H16F3N3/c1-3-4-8(2)19-11-6-5-9(17)7-10(11)18-12(19)13(14,15)16/h5-8H,3-4,17H2,1-2H3. The smallest absolute Gasteiger partial charge is 0.399 e. The SMILES string of the molecule is CCCC(C)n1c(C(F)(F)F)nc2cc(N)ccc21. The van der Waals surface area contributed by atoms with Crippen LogP contribution in [0.25, 0.3) is 11.0 Å². The van der Waals surface area contributed by atoms with Gasteiger partial charge in [-0.25, -0.2) is 4.98 Å². The lowest BCUT2D eigenvalue weighted by molar-refractivity contribution is -0.147. The Balaban J connectivity index is 2.68. The van der Waals surface area contributed by atoms with Crippen LogP contribution in [0.2, 0.25) is 0 Å². The van der Waals surface area contributed by atoms with Crippen molar-refractivity contribution in [3.8, 4) is 0 Å². The molecular formula is C13H16F3N3. The molecule has 1 unspecified atom stereocenters. The zero-order valence-corrected chi connectivity index (χ0v) is 10.8. The molecule has 0 bridgehead atoms. The summed E-state index contributed by atoms with van der Waals surface area (Å²) in [6.45, 7) is 3.72. The van der Waals surface area contributed by atoms with E-state index in [9.17, 15) is 13.2 Å². The van der Waals surface area contributed by atoms with Crippen molar-refractivity contribution in [1.82, 2.24) is 9.55 Å². The van der Waals surface area contributed by atoms with Gasteiger partial charge in [0.25, 0.3) is 0 Å². The fourth-order valence-electron chi connectivity index (χ4n) is 2.31. The maximum atomic E-state index is 13.1. The van der Waals surface area contributed by atoms with Gasteiger partial charge in [-0.05, 0) is 31.5 Å². The molecule has 6 heteroatoms. The average Bonchev–Trinajstić information content (AvgIpc) is 2.67. The van der Waals surface area contributed by atoms with E-state index in [1.54, 1.807) is 19.1 Å². The van der Waals surface area contributed by atoms with Gasteiger partial charge in [0.1, 0.15) is 0 Å². The predicted molar refractivity (Wildman–Crippen MR) is 68.8 cm³/mol. The number of nitrogens with two attached hydrogens (primary N) is 1. The summed E-state index contributed by atoms with van der Waals surface area (Å²) in [5, 5.41) is 0. The second-order valence-electron chi connectivity index (χ2n) is 4.69. The Morgan fingerprint density at radius 3 is 2.63 bits per heavy atom. The van der Waals surface area contributed by atoms with Crippen molar-refractivity contribution in [2.45, 2.75) is 38.9 Å². The zero-order valence-electron chi connectivity index (χ0n) is 10.8. The maximum absolute atomic E-state index is 13.1. The molecule has 19 heavy (non-hydrogen) atoms. The highest BCUT2D eigenvalue weighted by molar-refractivity contribution is 5.80. The van der Waals surface area contributed by atoms with Crippen LogP contribution in [-0.2, 0) is 6.18 Å². The first-order chi connectivity index (χ1) is 8.84. The second kappa shape index (κ2) is 4.75. The van der Waals surface area contributed by atoms with Gasteiger partial charge in [-0.2, -0.15) is 13.2 Å². The number of nitrogen functional groups attached to an aromatic ring is 1. The fourth-order valence-corrected chi connectivity index (χ4v) is 2.31. The number of benzene rings is 1. The number of halogens is 3. The van der Waals surface area contributed by atoms with Gasteiger partial charge < -0.3 is 10.3 Å². The van der Waals surface area contributed by atoms with Gasteiger partial charge in [-0.3, -0.25) is 0 Å². The van der Waals surface area contributed by atoms with Gasteiger partial charge >= 0.3 is 6.18 Å². The molecule has 104 valence electrons. The first-order valence-corrected chi connectivity index (χ1v) is 6.19. The minimum Gasteiger partial charge on any atom is -0.399 e. The Hall–Kier alpha value is -1.72. The minimum absolute atomic E-state index is 0.254. The molecule has 0 amide bonds.